The summed E-state index contributed by atoms with van der Waals surface area (Å²) in [5.74, 6) is -2.17. The lowest BCUT2D eigenvalue weighted by Gasteiger charge is -2.24. The van der Waals surface area contributed by atoms with Gasteiger partial charge in [0.1, 0.15) is 24.1 Å². The molecule has 0 spiro atoms. The Morgan fingerprint density at radius 2 is 2.06 bits per heavy atom. The first-order valence-electron chi connectivity index (χ1n) is 11.0. The number of benzene rings is 1. The monoisotopic (exact) mass is 482 g/mol. The smallest absolute Gasteiger partial charge is 0.378 e. The maximum Gasteiger partial charge on any atom is 0.416 e. The molecule has 2 heterocycles. The minimum absolute atomic E-state index is 0.0852. The fourth-order valence-electron chi connectivity index (χ4n) is 4.23. The van der Waals surface area contributed by atoms with E-state index in [1.54, 1.807) is 13.8 Å². The van der Waals surface area contributed by atoms with Gasteiger partial charge in [0.15, 0.2) is 0 Å². The molecule has 0 aliphatic carbocycles. The standard InChI is InChI=1S/C23H26F4N4O3/c1-12(2)7-19(21(33)30-15(11-28)8-13-3-5-29-20(13)32)31-6-4-16-17(22(31)34)9-14(10-18(16)24)23(25,26)27/h4,6,9-10,12-13,15,19-20,29,32H,3,5,7-8H2,1-2H3,(H,30,33)/t13-,15-,19-,20-/m0/s1. The van der Waals surface area contributed by atoms with E-state index < -0.39 is 52.7 Å². The Labute approximate surface area is 193 Å². The first kappa shape index (κ1) is 25.6. The maximum atomic E-state index is 14.3. The van der Waals surface area contributed by atoms with Gasteiger partial charge in [0.05, 0.1) is 17.0 Å². The molecule has 1 saturated heterocycles. The van der Waals surface area contributed by atoms with Crippen molar-refractivity contribution in [1.82, 2.24) is 15.2 Å². The first-order chi connectivity index (χ1) is 15.9. The molecule has 0 saturated carbocycles. The van der Waals surface area contributed by atoms with Crippen molar-refractivity contribution in [2.45, 2.75) is 57.6 Å². The summed E-state index contributed by atoms with van der Waals surface area (Å²) < 4.78 is 54.8. The number of nitrogens with zero attached hydrogens (tertiary/aromatic N) is 2. The molecule has 0 bridgehead atoms. The average Bonchev–Trinajstić information content (AvgIpc) is 3.15. The number of nitriles is 1. The minimum Gasteiger partial charge on any atom is -0.378 e. The van der Waals surface area contributed by atoms with E-state index >= 15 is 0 Å². The van der Waals surface area contributed by atoms with Gasteiger partial charge in [0.25, 0.3) is 5.56 Å². The molecule has 11 heteroatoms. The lowest BCUT2D eigenvalue weighted by atomic mass is 9.97. The van der Waals surface area contributed by atoms with Crippen molar-refractivity contribution in [2.75, 3.05) is 6.54 Å². The van der Waals surface area contributed by atoms with Gasteiger partial charge in [-0.25, -0.2) is 4.39 Å². The van der Waals surface area contributed by atoms with Crippen LogP contribution in [0.25, 0.3) is 10.8 Å². The van der Waals surface area contributed by atoms with E-state index in [2.05, 4.69) is 10.6 Å². The average molecular weight is 482 g/mol. The number of pyridine rings is 1. The Hall–Kier alpha value is -2.97. The third kappa shape index (κ3) is 5.56. The van der Waals surface area contributed by atoms with Crippen molar-refractivity contribution in [1.29, 1.82) is 5.26 Å². The van der Waals surface area contributed by atoms with Crippen molar-refractivity contribution < 1.29 is 27.5 Å². The number of nitrogens with one attached hydrogen (secondary N) is 2. The van der Waals surface area contributed by atoms with Gasteiger partial charge in [-0.15, -0.1) is 0 Å². The lowest BCUT2D eigenvalue weighted by molar-refractivity contribution is -0.137. The summed E-state index contributed by atoms with van der Waals surface area (Å²) in [5, 5.41) is 24.1. The molecule has 1 amide bonds. The lowest BCUT2D eigenvalue weighted by Crippen LogP contribution is -2.43. The Morgan fingerprint density at radius 3 is 2.62 bits per heavy atom. The van der Waals surface area contributed by atoms with Gasteiger partial charge < -0.3 is 15.0 Å². The number of carbonyl (C=O) groups is 1. The predicted molar refractivity (Wildman–Crippen MR) is 116 cm³/mol. The normalized spacial score (nSPS) is 20.3. The van der Waals surface area contributed by atoms with Crippen molar-refractivity contribution in [2.24, 2.45) is 11.8 Å². The maximum absolute atomic E-state index is 14.3. The minimum atomic E-state index is -4.85. The fourth-order valence-corrected chi connectivity index (χ4v) is 4.23. The van der Waals surface area contributed by atoms with Crippen LogP contribution in [-0.2, 0) is 11.0 Å². The van der Waals surface area contributed by atoms with E-state index in [4.69, 9.17) is 0 Å². The number of carbonyl (C=O) groups excluding carboxylic acids is 1. The van der Waals surface area contributed by atoms with Gasteiger partial charge in [-0.2, -0.15) is 18.4 Å². The van der Waals surface area contributed by atoms with Gasteiger partial charge in [0.2, 0.25) is 5.91 Å². The third-order valence-electron chi connectivity index (χ3n) is 5.98. The second-order valence-corrected chi connectivity index (χ2v) is 8.96. The molecule has 0 radical (unpaired) electrons. The van der Waals surface area contributed by atoms with Crippen LogP contribution in [0.5, 0.6) is 0 Å². The van der Waals surface area contributed by atoms with Gasteiger partial charge in [-0.1, -0.05) is 13.8 Å². The first-order valence-corrected chi connectivity index (χ1v) is 11.0. The number of aliphatic hydroxyl groups is 1. The van der Waals surface area contributed by atoms with Gasteiger partial charge in [-0.05, 0) is 49.9 Å². The number of aliphatic hydroxyl groups excluding tert-OH is 1. The zero-order valence-corrected chi connectivity index (χ0v) is 18.7. The summed E-state index contributed by atoms with van der Waals surface area (Å²) in [6.45, 7) is 4.18. The molecule has 3 rings (SSSR count). The predicted octanol–water partition coefficient (Wildman–Crippen LogP) is 3.07. The molecule has 2 aromatic rings. The van der Waals surface area contributed by atoms with Crippen LogP contribution in [-0.4, -0.2) is 34.4 Å². The van der Waals surface area contributed by atoms with Crippen LogP contribution in [0.15, 0.2) is 29.2 Å². The largest absolute Gasteiger partial charge is 0.416 e. The molecular formula is C23H26F4N4O3. The molecule has 34 heavy (non-hydrogen) atoms. The number of rotatable bonds is 7. The number of halogens is 4. The highest BCUT2D eigenvalue weighted by Gasteiger charge is 2.33. The zero-order chi connectivity index (χ0) is 25.2. The van der Waals surface area contributed by atoms with Crippen molar-refractivity contribution in [3.05, 3.63) is 46.1 Å². The van der Waals surface area contributed by atoms with E-state index in [1.807, 2.05) is 6.07 Å². The number of alkyl halides is 3. The van der Waals surface area contributed by atoms with Crippen molar-refractivity contribution in [3.63, 3.8) is 0 Å². The van der Waals surface area contributed by atoms with Crippen LogP contribution >= 0.6 is 0 Å². The number of hydrogen-bond acceptors (Lipinski definition) is 5. The molecule has 0 unspecified atom stereocenters. The molecular weight excluding hydrogens is 456 g/mol. The van der Waals surface area contributed by atoms with Crippen LogP contribution < -0.4 is 16.2 Å². The highest BCUT2D eigenvalue weighted by molar-refractivity contribution is 5.85. The Bertz CT molecular complexity index is 1160. The van der Waals surface area contributed by atoms with Crippen LogP contribution in [0.1, 0.15) is 44.7 Å². The van der Waals surface area contributed by atoms with Crippen LogP contribution in [0.4, 0.5) is 17.6 Å². The van der Waals surface area contributed by atoms with Crippen molar-refractivity contribution >= 4 is 16.7 Å². The van der Waals surface area contributed by atoms with Crippen LogP contribution in [0, 0.1) is 29.0 Å². The number of amides is 1. The van der Waals surface area contributed by atoms with E-state index in [0.717, 1.165) is 10.6 Å². The summed E-state index contributed by atoms with van der Waals surface area (Å²) in [6, 6.07) is 1.98. The van der Waals surface area contributed by atoms with Gasteiger partial charge in [-0.3, -0.25) is 14.9 Å². The Morgan fingerprint density at radius 1 is 1.35 bits per heavy atom. The van der Waals surface area contributed by atoms with Crippen LogP contribution in [0.2, 0.25) is 0 Å². The molecule has 1 aromatic carbocycles. The summed E-state index contributed by atoms with van der Waals surface area (Å²) in [7, 11) is 0. The Kier molecular flexibility index (Phi) is 7.63. The molecule has 1 fully saturated rings. The summed E-state index contributed by atoms with van der Waals surface area (Å²) in [5.41, 5.74) is -2.24. The summed E-state index contributed by atoms with van der Waals surface area (Å²) in [4.78, 5) is 26.2. The highest BCUT2D eigenvalue weighted by Crippen LogP contribution is 2.32. The Balaban J connectivity index is 1.97. The molecule has 4 atom stereocenters. The van der Waals surface area contributed by atoms with Gasteiger partial charge in [0, 0.05) is 17.5 Å². The molecule has 7 nitrogen and oxygen atoms in total. The number of fused-ring (bicyclic) bond motifs is 1. The van der Waals surface area contributed by atoms with Crippen LogP contribution in [0.3, 0.4) is 0 Å². The highest BCUT2D eigenvalue weighted by atomic mass is 19.4. The molecule has 3 N–H and O–H groups in total. The molecule has 1 aromatic heterocycles. The van der Waals surface area contributed by atoms with E-state index in [-0.39, 0.29) is 30.1 Å². The molecule has 1 aliphatic rings. The zero-order valence-electron chi connectivity index (χ0n) is 18.7. The second kappa shape index (κ2) is 10.1. The summed E-state index contributed by atoms with van der Waals surface area (Å²) >= 11 is 0. The number of aromatic nitrogens is 1. The van der Waals surface area contributed by atoms with E-state index in [9.17, 15) is 37.5 Å². The fraction of sp³-hybridized carbons (Fsp3) is 0.522. The second-order valence-electron chi connectivity index (χ2n) is 8.96. The van der Waals surface area contributed by atoms with E-state index in [1.165, 1.54) is 6.20 Å². The quantitative estimate of drug-likeness (QED) is 0.526. The molecule has 184 valence electrons. The van der Waals surface area contributed by atoms with Crippen molar-refractivity contribution in [3.8, 4) is 6.07 Å². The summed E-state index contributed by atoms with van der Waals surface area (Å²) in [6.07, 6.45) is -3.49. The SMILES string of the molecule is CC(C)C[C@@H](C(=O)N[C@H](C#N)C[C@@H]1CCN[C@H]1O)n1ccc2c(F)cc(C(F)(F)F)cc2c1=O. The van der Waals surface area contributed by atoms with E-state index in [0.29, 0.717) is 25.1 Å². The molecule has 1 aliphatic heterocycles. The van der Waals surface area contributed by atoms with Gasteiger partial charge >= 0.3 is 6.18 Å². The number of hydrogen-bond donors (Lipinski definition) is 3. The topological polar surface area (TPSA) is 107 Å². The third-order valence-corrected chi connectivity index (χ3v) is 5.98.